The van der Waals surface area contributed by atoms with E-state index >= 15 is 0 Å². The molecule has 0 aromatic heterocycles. The van der Waals surface area contributed by atoms with Gasteiger partial charge in [-0.1, -0.05) is 30.3 Å². The van der Waals surface area contributed by atoms with Crippen molar-refractivity contribution < 1.29 is 18.7 Å². The highest BCUT2D eigenvalue weighted by Crippen LogP contribution is 2.44. The summed E-state index contributed by atoms with van der Waals surface area (Å²) in [6.45, 7) is 1.42. The lowest BCUT2D eigenvalue weighted by Gasteiger charge is -2.42. The van der Waals surface area contributed by atoms with Crippen LogP contribution in [0.3, 0.4) is 0 Å². The van der Waals surface area contributed by atoms with Gasteiger partial charge in [0.1, 0.15) is 5.41 Å². The van der Waals surface area contributed by atoms with Gasteiger partial charge >= 0.3 is 5.97 Å². The largest absolute Gasteiger partial charge is 0.481 e. The number of alkyl halides is 2. The molecule has 104 valence electrons. The van der Waals surface area contributed by atoms with Crippen molar-refractivity contribution in [2.75, 3.05) is 13.1 Å². The molecular formula is C14H17F2NO2. The number of piperidine rings is 1. The Labute approximate surface area is 110 Å². The molecule has 1 aromatic carbocycles. The summed E-state index contributed by atoms with van der Waals surface area (Å²) in [5.41, 5.74) is -1.00. The van der Waals surface area contributed by atoms with Gasteiger partial charge in [0.2, 0.25) is 0 Å². The van der Waals surface area contributed by atoms with Crippen LogP contribution in [-0.4, -0.2) is 35.0 Å². The number of nitrogens with zero attached hydrogens (tertiary/aromatic N) is 1. The fourth-order valence-corrected chi connectivity index (χ4v) is 2.34. The van der Waals surface area contributed by atoms with Crippen molar-refractivity contribution in [3.05, 3.63) is 35.9 Å². The summed E-state index contributed by atoms with van der Waals surface area (Å²) in [5.74, 6) is -4.64. The summed E-state index contributed by atoms with van der Waals surface area (Å²) >= 11 is 0. The Morgan fingerprint density at radius 2 is 2.00 bits per heavy atom. The van der Waals surface area contributed by atoms with Crippen molar-refractivity contribution in [2.45, 2.75) is 25.8 Å². The van der Waals surface area contributed by atoms with Crippen molar-refractivity contribution in [2.24, 2.45) is 5.41 Å². The summed E-state index contributed by atoms with van der Waals surface area (Å²) in [6.07, 6.45) is -0.0395. The monoisotopic (exact) mass is 269 g/mol. The Hall–Kier alpha value is -1.49. The molecule has 1 aliphatic heterocycles. The molecule has 1 unspecified atom stereocenters. The average molecular weight is 269 g/mol. The van der Waals surface area contributed by atoms with Gasteiger partial charge in [0.05, 0.1) is 6.54 Å². The molecule has 2 rings (SSSR count). The van der Waals surface area contributed by atoms with E-state index in [1.807, 2.05) is 30.3 Å². The number of carboxylic acid groups (broad SMARTS) is 1. The number of likely N-dealkylation sites (tertiary alicyclic amines) is 1. The number of halogens is 2. The molecule has 1 aliphatic rings. The second kappa shape index (κ2) is 4.89. The summed E-state index contributed by atoms with van der Waals surface area (Å²) in [4.78, 5) is 12.7. The molecule has 1 N–H and O–H groups in total. The number of aliphatic carboxylic acids is 1. The lowest BCUT2D eigenvalue weighted by molar-refractivity contribution is -0.193. The number of benzene rings is 1. The van der Waals surface area contributed by atoms with Crippen LogP contribution in [0.4, 0.5) is 8.78 Å². The van der Waals surface area contributed by atoms with E-state index in [4.69, 9.17) is 5.11 Å². The molecule has 0 radical (unpaired) electrons. The third-order valence-corrected chi connectivity index (χ3v) is 3.88. The summed E-state index contributed by atoms with van der Waals surface area (Å²) in [7, 11) is 0. The molecular weight excluding hydrogens is 252 g/mol. The molecule has 1 heterocycles. The van der Waals surface area contributed by atoms with Gasteiger partial charge in [-0.25, -0.2) is 8.78 Å². The number of rotatable bonds is 3. The molecule has 3 nitrogen and oxygen atoms in total. The van der Waals surface area contributed by atoms with Crippen molar-refractivity contribution in [1.82, 2.24) is 4.90 Å². The van der Waals surface area contributed by atoms with Crippen LogP contribution < -0.4 is 0 Å². The Bertz CT molecular complexity index is 464. The van der Waals surface area contributed by atoms with Crippen LogP contribution in [0.1, 0.15) is 18.9 Å². The Kier molecular flexibility index (Phi) is 3.58. The lowest BCUT2D eigenvalue weighted by Crippen LogP contribution is -2.57. The van der Waals surface area contributed by atoms with E-state index in [9.17, 15) is 13.6 Å². The van der Waals surface area contributed by atoms with Crippen LogP contribution >= 0.6 is 0 Å². The maximum absolute atomic E-state index is 14.0. The van der Waals surface area contributed by atoms with Crippen molar-refractivity contribution in [3.63, 3.8) is 0 Å². The fourth-order valence-electron chi connectivity index (χ4n) is 2.34. The van der Waals surface area contributed by atoms with Gasteiger partial charge in [0.25, 0.3) is 5.92 Å². The molecule has 0 bridgehead atoms. The van der Waals surface area contributed by atoms with Crippen LogP contribution in [-0.2, 0) is 11.3 Å². The maximum atomic E-state index is 14.0. The summed E-state index contributed by atoms with van der Waals surface area (Å²) < 4.78 is 28.1. The second-order valence-electron chi connectivity index (χ2n) is 5.29. The molecule has 0 spiro atoms. The Morgan fingerprint density at radius 1 is 1.37 bits per heavy atom. The fraction of sp³-hybridized carbons (Fsp3) is 0.500. The number of hydrogen-bond donors (Lipinski definition) is 1. The molecule has 1 saturated heterocycles. The van der Waals surface area contributed by atoms with E-state index in [2.05, 4.69) is 0 Å². The van der Waals surface area contributed by atoms with E-state index in [1.165, 1.54) is 0 Å². The van der Waals surface area contributed by atoms with Crippen LogP contribution in [0, 0.1) is 5.41 Å². The van der Waals surface area contributed by atoms with Crippen LogP contribution in [0.15, 0.2) is 30.3 Å². The highest BCUT2D eigenvalue weighted by atomic mass is 19.3. The minimum atomic E-state index is -3.22. The molecule has 1 fully saturated rings. The molecule has 19 heavy (non-hydrogen) atoms. The quantitative estimate of drug-likeness (QED) is 0.917. The first kappa shape index (κ1) is 13.9. The summed E-state index contributed by atoms with van der Waals surface area (Å²) in [6, 6.07) is 9.35. The van der Waals surface area contributed by atoms with E-state index in [0.717, 1.165) is 12.5 Å². The van der Waals surface area contributed by atoms with Crippen molar-refractivity contribution in [3.8, 4) is 0 Å². The highest BCUT2D eigenvalue weighted by Gasteiger charge is 2.58. The third-order valence-electron chi connectivity index (χ3n) is 3.88. The zero-order chi connectivity index (χ0) is 14.1. The smallest absolute Gasteiger partial charge is 0.315 e. The molecule has 0 aliphatic carbocycles. The predicted molar refractivity (Wildman–Crippen MR) is 67.0 cm³/mol. The zero-order valence-corrected chi connectivity index (χ0v) is 10.8. The first-order chi connectivity index (χ1) is 8.85. The van der Waals surface area contributed by atoms with E-state index in [1.54, 1.807) is 4.90 Å². The van der Waals surface area contributed by atoms with Crippen molar-refractivity contribution in [1.29, 1.82) is 0 Å². The van der Waals surface area contributed by atoms with Gasteiger partial charge in [-0.05, 0) is 18.9 Å². The zero-order valence-electron chi connectivity index (χ0n) is 10.8. The highest BCUT2D eigenvalue weighted by molar-refractivity contribution is 5.75. The van der Waals surface area contributed by atoms with E-state index in [-0.39, 0.29) is 6.42 Å². The van der Waals surface area contributed by atoms with Gasteiger partial charge < -0.3 is 5.11 Å². The third kappa shape index (κ3) is 2.61. The first-order valence-corrected chi connectivity index (χ1v) is 6.23. The topological polar surface area (TPSA) is 40.5 Å². The Morgan fingerprint density at radius 3 is 2.53 bits per heavy atom. The van der Waals surface area contributed by atoms with E-state index < -0.39 is 23.9 Å². The van der Waals surface area contributed by atoms with Crippen molar-refractivity contribution >= 4 is 5.97 Å². The summed E-state index contributed by atoms with van der Waals surface area (Å²) in [5, 5.41) is 9.01. The molecule has 1 atom stereocenters. The SMILES string of the molecule is CC1(C(=O)O)CCN(Cc2ccccc2)CC1(F)F. The number of carboxylic acids is 1. The van der Waals surface area contributed by atoms with Gasteiger partial charge in [-0.2, -0.15) is 0 Å². The molecule has 0 amide bonds. The van der Waals surface area contributed by atoms with Crippen LogP contribution in [0.5, 0.6) is 0 Å². The molecule has 0 saturated carbocycles. The minimum Gasteiger partial charge on any atom is -0.481 e. The van der Waals surface area contributed by atoms with Gasteiger partial charge in [-0.15, -0.1) is 0 Å². The Balaban J connectivity index is 2.08. The van der Waals surface area contributed by atoms with E-state index in [0.29, 0.717) is 13.1 Å². The normalized spacial score (nSPS) is 27.1. The number of carbonyl (C=O) groups is 1. The average Bonchev–Trinajstić information content (AvgIpc) is 2.34. The number of hydrogen-bond acceptors (Lipinski definition) is 2. The maximum Gasteiger partial charge on any atom is 0.315 e. The molecule has 5 heteroatoms. The predicted octanol–water partition coefficient (Wildman–Crippen LogP) is 2.62. The van der Waals surface area contributed by atoms with Crippen LogP contribution in [0.25, 0.3) is 0 Å². The molecule has 1 aromatic rings. The van der Waals surface area contributed by atoms with Gasteiger partial charge in [-0.3, -0.25) is 9.69 Å². The lowest BCUT2D eigenvalue weighted by atomic mass is 9.77. The van der Waals surface area contributed by atoms with Gasteiger partial charge in [0.15, 0.2) is 0 Å². The second-order valence-corrected chi connectivity index (χ2v) is 5.29. The standard InChI is InChI=1S/C14H17F2NO2/c1-13(12(18)19)7-8-17(10-14(13,15)16)9-11-5-3-2-4-6-11/h2-6H,7-10H2,1H3,(H,18,19). The minimum absolute atomic E-state index is 0.0395. The van der Waals surface area contributed by atoms with Crippen LogP contribution in [0.2, 0.25) is 0 Å². The first-order valence-electron chi connectivity index (χ1n) is 6.23. The van der Waals surface area contributed by atoms with Gasteiger partial charge in [0, 0.05) is 13.1 Å².